The second kappa shape index (κ2) is 5.62. The van der Waals surface area contributed by atoms with Gasteiger partial charge in [-0.05, 0) is 37.3 Å². The van der Waals surface area contributed by atoms with Gasteiger partial charge in [-0.25, -0.2) is 4.99 Å². The Morgan fingerprint density at radius 1 is 1.29 bits per heavy atom. The maximum Gasteiger partial charge on any atom is 0.227 e. The fourth-order valence-corrected chi connectivity index (χ4v) is 3.48. The summed E-state index contributed by atoms with van der Waals surface area (Å²) < 4.78 is 5.77. The third kappa shape index (κ3) is 3.17. The monoisotopic (exact) mass is 301 g/mol. The van der Waals surface area contributed by atoms with E-state index in [-0.39, 0.29) is 6.04 Å². The maximum atomic E-state index is 10.2. The van der Waals surface area contributed by atoms with Crippen molar-refractivity contribution in [3.8, 4) is 0 Å². The summed E-state index contributed by atoms with van der Waals surface area (Å²) in [4.78, 5) is 5.64. The Bertz CT molecular complexity index is 640. The third-order valence-electron chi connectivity index (χ3n) is 3.55. The van der Waals surface area contributed by atoms with Gasteiger partial charge in [-0.15, -0.1) is 11.3 Å². The predicted molar refractivity (Wildman–Crippen MR) is 86.0 cm³/mol. The van der Waals surface area contributed by atoms with Gasteiger partial charge in [-0.1, -0.05) is 30.3 Å². The van der Waals surface area contributed by atoms with E-state index in [1.807, 2.05) is 29.6 Å². The minimum atomic E-state index is -0.876. The quantitative estimate of drug-likeness (QED) is 0.941. The molecule has 0 saturated heterocycles. The normalized spacial score (nSPS) is 18.4. The Morgan fingerprint density at radius 3 is 2.76 bits per heavy atom. The summed E-state index contributed by atoms with van der Waals surface area (Å²) in [6.07, 6.45) is 0.883. The number of ether oxygens (including phenoxy) is 1. The van der Waals surface area contributed by atoms with Crippen molar-refractivity contribution in [1.29, 1.82) is 0 Å². The molecule has 2 aromatic rings. The standard InChI is InChI=1S/C17H19NO2S/c1-17(2,19)14-8-9-21-15(14)16-18-13(11-20-16)10-12-6-4-3-5-7-12/h3-9,13,19H,10-11H2,1-2H3/t13-/m0/s1. The molecule has 21 heavy (non-hydrogen) atoms. The van der Waals surface area contributed by atoms with Crippen molar-refractivity contribution in [3.63, 3.8) is 0 Å². The fourth-order valence-electron chi connectivity index (χ4n) is 2.49. The first-order valence-electron chi connectivity index (χ1n) is 7.09. The molecule has 3 nitrogen and oxygen atoms in total. The molecule has 1 aliphatic heterocycles. The molecule has 0 saturated carbocycles. The Labute approximate surface area is 128 Å². The van der Waals surface area contributed by atoms with Crippen LogP contribution in [-0.4, -0.2) is 23.7 Å². The summed E-state index contributed by atoms with van der Waals surface area (Å²) in [6.45, 7) is 4.18. The smallest absolute Gasteiger partial charge is 0.227 e. The van der Waals surface area contributed by atoms with Crippen LogP contribution in [0.3, 0.4) is 0 Å². The molecule has 0 amide bonds. The number of hydrogen-bond donors (Lipinski definition) is 1. The van der Waals surface area contributed by atoms with Crippen LogP contribution >= 0.6 is 11.3 Å². The molecule has 110 valence electrons. The van der Waals surface area contributed by atoms with Crippen molar-refractivity contribution < 1.29 is 9.84 Å². The van der Waals surface area contributed by atoms with Gasteiger partial charge >= 0.3 is 0 Å². The van der Waals surface area contributed by atoms with Crippen LogP contribution in [0.25, 0.3) is 0 Å². The van der Waals surface area contributed by atoms with Gasteiger partial charge in [-0.2, -0.15) is 0 Å². The number of hydrogen-bond acceptors (Lipinski definition) is 4. The molecule has 0 spiro atoms. The van der Waals surface area contributed by atoms with Crippen molar-refractivity contribution >= 4 is 17.2 Å². The molecule has 0 unspecified atom stereocenters. The van der Waals surface area contributed by atoms with Gasteiger partial charge in [0.2, 0.25) is 5.90 Å². The van der Waals surface area contributed by atoms with Gasteiger partial charge in [0.05, 0.1) is 16.5 Å². The molecular weight excluding hydrogens is 282 g/mol. The van der Waals surface area contributed by atoms with E-state index in [9.17, 15) is 5.11 Å². The van der Waals surface area contributed by atoms with E-state index in [1.54, 1.807) is 25.2 Å². The van der Waals surface area contributed by atoms with E-state index in [2.05, 4.69) is 12.1 Å². The van der Waals surface area contributed by atoms with Crippen LogP contribution in [0.4, 0.5) is 0 Å². The number of nitrogens with zero attached hydrogens (tertiary/aromatic N) is 1. The molecule has 0 aliphatic carbocycles. The van der Waals surface area contributed by atoms with Crippen molar-refractivity contribution in [2.45, 2.75) is 31.9 Å². The first-order valence-corrected chi connectivity index (χ1v) is 7.97. The molecule has 1 aliphatic rings. The van der Waals surface area contributed by atoms with E-state index in [4.69, 9.17) is 9.73 Å². The Balaban J connectivity index is 1.79. The average Bonchev–Trinajstić information content (AvgIpc) is 3.07. The number of aliphatic hydroxyl groups is 1. The average molecular weight is 301 g/mol. The van der Waals surface area contributed by atoms with Gasteiger partial charge in [0.1, 0.15) is 6.61 Å². The molecular formula is C17H19NO2S. The lowest BCUT2D eigenvalue weighted by atomic mass is 9.99. The van der Waals surface area contributed by atoms with Gasteiger partial charge in [0, 0.05) is 5.56 Å². The molecule has 4 heteroatoms. The molecule has 1 atom stereocenters. The molecule has 0 radical (unpaired) electrons. The lowest BCUT2D eigenvalue weighted by molar-refractivity contribution is 0.0787. The van der Waals surface area contributed by atoms with Crippen molar-refractivity contribution in [2.75, 3.05) is 6.61 Å². The number of thiophene rings is 1. The zero-order chi connectivity index (χ0) is 14.9. The first-order chi connectivity index (χ1) is 10.0. The van der Waals surface area contributed by atoms with Gasteiger partial charge in [-0.3, -0.25) is 0 Å². The van der Waals surface area contributed by atoms with Crippen LogP contribution in [-0.2, 0) is 16.8 Å². The van der Waals surface area contributed by atoms with Gasteiger partial charge in [0.15, 0.2) is 0 Å². The van der Waals surface area contributed by atoms with Crippen LogP contribution in [0.1, 0.15) is 29.9 Å². The van der Waals surface area contributed by atoms with Gasteiger partial charge < -0.3 is 9.84 Å². The fraction of sp³-hybridized carbons (Fsp3) is 0.353. The highest BCUT2D eigenvalue weighted by molar-refractivity contribution is 7.12. The van der Waals surface area contributed by atoms with E-state index in [0.29, 0.717) is 12.5 Å². The van der Waals surface area contributed by atoms with Crippen molar-refractivity contribution in [3.05, 3.63) is 57.8 Å². The summed E-state index contributed by atoms with van der Waals surface area (Å²) in [5, 5.41) is 12.2. The predicted octanol–water partition coefficient (Wildman–Crippen LogP) is 3.36. The van der Waals surface area contributed by atoms with Crippen molar-refractivity contribution in [2.24, 2.45) is 4.99 Å². The molecule has 0 fully saturated rings. The van der Waals surface area contributed by atoms with E-state index < -0.39 is 5.60 Å². The SMILES string of the molecule is CC(C)(O)c1ccsc1C1=N[C@@H](Cc2ccccc2)CO1. The van der Waals surface area contributed by atoms with Crippen LogP contribution in [0.2, 0.25) is 0 Å². The van der Waals surface area contributed by atoms with Crippen LogP contribution in [0, 0.1) is 0 Å². The van der Waals surface area contributed by atoms with Crippen LogP contribution in [0.15, 0.2) is 46.8 Å². The summed E-state index contributed by atoms with van der Waals surface area (Å²) in [6, 6.07) is 12.4. The number of benzene rings is 1. The Hall–Kier alpha value is -1.65. The number of rotatable bonds is 4. The third-order valence-corrected chi connectivity index (χ3v) is 4.45. The van der Waals surface area contributed by atoms with E-state index >= 15 is 0 Å². The molecule has 0 bridgehead atoms. The molecule has 2 heterocycles. The summed E-state index contributed by atoms with van der Waals surface area (Å²) in [5.74, 6) is 0.669. The molecule has 1 N–H and O–H groups in total. The second-order valence-corrected chi connectivity index (χ2v) is 6.73. The summed E-state index contributed by atoms with van der Waals surface area (Å²) >= 11 is 1.57. The first kappa shape index (κ1) is 14.3. The van der Waals surface area contributed by atoms with Crippen molar-refractivity contribution in [1.82, 2.24) is 0 Å². The summed E-state index contributed by atoms with van der Waals surface area (Å²) in [7, 11) is 0. The molecule has 1 aromatic carbocycles. The van der Waals surface area contributed by atoms with Gasteiger partial charge in [0.25, 0.3) is 0 Å². The maximum absolute atomic E-state index is 10.2. The van der Waals surface area contributed by atoms with E-state index in [0.717, 1.165) is 16.9 Å². The molecule has 1 aromatic heterocycles. The minimum Gasteiger partial charge on any atom is -0.475 e. The van der Waals surface area contributed by atoms with Crippen LogP contribution < -0.4 is 0 Å². The Morgan fingerprint density at radius 2 is 2.05 bits per heavy atom. The highest BCUT2D eigenvalue weighted by atomic mass is 32.1. The lowest BCUT2D eigenvalue weighted by Crippen LogP contribution is -2.18. The zero-order valence-electron chi connectivity index (χ0n) is 12.2. The minimum absolute atomic E-state index is 0.152. The summed E-state index contributed by atoms with van der Waals surface area (Å²) in [5.41, 5.74) is 1.27. The number of aliphatic imine (C=N–C) groups is 1. The molecule has 3 rings (SSSR count). The largest absolute Gasteiger partial charge is 0.475 e. The Kier molecular flexibility index (Phi) is 3.83. The topological polar surface area (TPSA) is 41.8 Å². The second-order valence-electron chi connectivity index (χ2n) is 5.81. The highest BCUT2D eigenvalue weighted by Gasteiger charge is 2.28. The van der Waals surface area contributed by atoms with Crippen LogP contribution in [0.5, 0.6) is 0 Å². The lowest BCUT2D eigenvalue weighted by Gasteiger charge is -2.17. The zero-order valence-corrected chi connectivity index (χ0v) is 13.1. The highest BCUT2D eigenvalue weighted by Crippen LogP contribution is 2.30. The van der Waals surface area contributed by atoms with E-state index in [1.165, 1.54) is 5.56 Å².